The van der Waals surface area contributed by atoms with Crippen molar-refractivity contribution in [3.05, 3.63) is 41.4 Å². The van der Waals surface area contributed by atoms with Crippen molar-refractivity contribution < 1.29 is 14.0 Å². The molecular formula is C25H28N6O3. The molecule has 34 heavy (non-hydrogen) atoms. The third-order valence-electron chi connectivity index (χ3n) is 6.25. The molecule has 9 nitrogen and oxygen atoms in total. The molecular weight excluding hydrogens is 432 g/mol. The molecule has 4 rings (SSSR count). The van der Waals surface area contributed by atoms with Crippen LogP contribution in [0.25, 0.3) is 15.8 Å². The van der Waals surface area contributed by atoms with Crippen molar-refractivity contribution in [2.45, 2.75) is 51.1 Å². The Bertz CT molecular complexity index is 1170. The summed E-state index contributed by atoms with van der Waals surface area (Å²) in [6.07, 6.45) is 4.07. The maximum Gasteiger partial charge on any atom is 0.363 e. The smallest absolute Gasteiger partial charge is 0.363 e. The van der Waals surface area contributed by atoms with E-state index in [-0.39, 0.29) is 24.2 Å². The zero-order chi connectivity index (χ0) is 24.1. The van der Waals surface area contributed by atoms with E-state index in [9.17, 15) is 14.9 Å². The molecule has 1 N–H and O–H groups in total. The Labute approximate surface area is 198 Å². The predicted octanol–water partition coefficient (Wildman–Crippen LogP) is 3.37. The van der Waals surface area contributed by atoms with Gasteiger partial charge in [0.25, 0.3) is 0 Å². The highest BCUT2D eigenvalue weighted by Gasteiger charge is 2.32. The van der Waals surface area contributed by atoms with E-state index in [1.54, 1.807) is 11.0 Å². The summed E-state index contributed by atoms with van der Waals surface area (Å²) in [5.74, 6) is 0.661. The maximum absolute atomic E-state index is 13.3. The van der Waals surface area contributed by atoms with Gasteiger partial charge in [0.05, 0.1) is 6.54 Å². The number of likely N-dealkylation sites (tertiary alicyclic amines) is 2. The number of carbonyl (C=O) groups excluding carboxylic acids is 2. The minimum Gasteiger partial charge on any atom is -0.461 e. The monoisotopic (exact) mass is 460 g/mol. The molecule has 2 saturated heterocycles. The largest absolute Gasteiger partial charge is 0.461 e. The number of hydrogen-bond donors (Lipinski definition) is 1. The number of amides is 2. The van der Waals surface area contributed by atoms with Gasteiger partial charge in [0.15, 0.2) is 6.07 Å². The van der Waals surface area contributed by atoms with Gasteiger partial charge in [0, 0.05) is 30.7 Å². The van der Waals surface area contributed by atoms with Gasteiger partial charge in [-0.1, -0.05) is 0 Å². The van der Waals surface area contributed by atoms with Gasteiger partial charge >= 0.3 is 6.04 Å². The van der Waals surface area contributed by atoms with Crippen LogP contribution in [-0.2, 0) is 9.59 Å². The molecule has 2 atom stereocenters. The number of aliphatic imine (C=N–C) groups is 1. The second-order valence-corrected chi connectivity index (χ2v) is 8.77. The van der Waals surface area contributed by atoms with Crippen molar-refractivity contribution in [3.8, 4) is 6.07 Å². The summed E-state index contributed by atoms with van der Waals surface area (Å²) < 4.78 is 5.61. The molecule has 2 aliphatic heterocycles. The number of nitrogens with zero attached hydrogens (tertiary/aromatic N) is 5. The lowest BCUT2D eigenvalue weighted by atomic mass is 10.1. The highest BCUT2D eigenvalue weighted by atomic mass is 16.3. The van der Waals surface area contributed by atoms with Crippen molar-refractivity contribution in [2.24, 2.45) is 4.99 Å². The van der Waals surface area contributed by atoms with Crippen LogP contribution in [0.5, 0.6) is 0 Å². The number of amidine groups is 1. The van der Waals surface area contributed by atoms with E-state index >= 15 is 0 Å². The number of furan rings is 1. The van der Waals surface area contributed by atoms with E-state index in [4.69, 9.17) is 11.0 Å². The number of anilines is 1. The van der Waals surface area contributed by atoms with Crippen LogP contribution >= 0.6 is 0 Å². The van der Waals surface area contributed by atoms with Gasteiger partial charge < -0.3 is 19.5 Å². The quantitative estimate of drug-likeness (QED) is 0.418. The van der Waals surface area contributed by atoms with E-state index < -0.39 is 12.1 Å². The standard InChI is InChI=1S/C25H28N6O3/c1-17-13-18-14-19(8-9-22(18)34-17)28-24(21(15-26)27-2)29-20-7-3-4-12-31(25(20)33)16-23(32)30-10-5-6-11-30/h8-9,13-14,20-21H,3-7,10-12,16H2,1H3,(H,28,29). The molecule has 2 unspecified atom stereocenters. The number of aryl methyl sites for hydroxylation is 1. The lowest BCUT2D eigenvalue weighted by molar-refractivity contribution is -0.140. The molecule has 0 radical (unpaired) electrons. The van der Waals surface area contributed by atoms with Crippen molar-refractivity contribution >= 4 is 34.3 Å². The molecule has 1 aromatic heterocycles. The van der Waals surface area contributed by atoms with E-state index in [2.05, 4.69) is 15.2 Å². The summed E-state index contributed by atoms with van der Waals surface area (Å²) >= 11 is 0. The fourth-order valence-corrected chi connectivity index (χ4v) is 4.48. The maximum atomic E-state index is 13.3. The van der Waals surface area contributed by atoms with Gasteiger partial charge in [-0.2, -0.15) is 5.26 Å². The molecule has 9 heteroatoms. The SMILES string of the molecule is [C-]#[N+]C(C#N)C(=NC1CCCCN(CC(=O)N2CCCC2)C1=O)Nc1ccc2oc(C)cc2c1. The Balaban J connectivity index is 1.57. The summed E-state index contributed by atoms with van der Waals surface area (Å²) in [7, 11) is 0. The Hall–Kier alpha value is -3.85. The first-order valence-electron chi connectivity index (χ1n) is 11.7. The summed E-state index contributed by atoms with van der Waals surface area (Å²) in [5.41, 5.74) is 1.39. The van der Waals surface area contributed by atoms with Gasteiger partial charge in [0.1, 0.15) is 17.4 Å². The molecule has 0 aliphatic carbocycles. The Morgan fingerprint density at radius 1 is 1.29 bits per heavy atom. The van der Waals surface area contributed by atoms with Crippen molar-refractivity contribution in [1.82, 2.24) is 9.80 Å². The van der Waals surface area contributed by atoms with Crippen LogP contribution in [0.2, 0.25) is 0 Å². The lowest BCUT2D eigenvalue weighted by Crippen LogP contribution is -2.45. The third-order valence-corrected chi connectivity index (χ3v) is 6.25. The number of nitriles is 1. The van der Waals surface area contributed by atoms with E-state index in [1.807, 2.05) is 36.1 Å². The topological polar surface area (TPSA) is 106 Å². The molecule has 1 aromatic carbocycles. The van der Waals surface area contributed by atoms with Gasteiger partial charge in [-0.25, -0.2) is 6.57 Å². The highest BCUT2D eigenvalue weighted by molar-refractivity contribution is 6.04. The van der Waals surface area contributed by atoms with Gasteiger partial charge in [0.2, 0.25) is 17.6 Å². The number of carbonyl (C=O) groups is 2. The van der Waals surface area contributed by atoms with Crippen LogP contribution in [0.4, 0.5) is 5.69 Å². The number of benzene rings is 1. The zero-order valence-electron chi connectivity index (χ0n) is 19.3. The van der Waals surface area contributed by atoms with Crippen LogP contribution in [0.3, 0.4) is 0 Å². The summed E-state index contributed by atoms with van der Waals surface area (Å²) in [6, 6.07) is 7.41. The number of fused-ring (bicyclic) bond motifs is 1. The van der Waals surface area contributed by atoms with Gasteiger partial charge in [-0.05, 0) is 63.3 Å². The molecule has 176 valence electrons. The Kier molecular flexibility index (Phi) is 7.12. The molecule has 2 amide bonds. The average molecular weight is 461 g/mol. The fourth-order valence-electron chi connectivity index (χ4n) is 4.48. The lowest BCUT2D eigenvalue weighted by Gasteiger charge is -2.25. The van der Waals surface area contributed by atoms with E-state index in [1.165, 1.54) is 0 Å². The van der Waals surface area contributed by atoms with Crippen LogP contribution in [-0.4, -0.2) is 65.7 Å². The Morgan fingerprint density at radius 3 is 2.79 bits per heavy atom. The minimum absolute atomic E-state index is 0.0337. The molecule has 0 spiro atoms. The number of hydrogen-bond acceptors (Lipinski definition) is 5. The Morgan fingerprint density at radius 2 is 2.06 bits per heavy atom. The van der Waals surface area contributed by atoms with Crippen molar-refractivity contribution in [1.29, 1.82) is 5.26 Å². The van der Waals surface area contributed by atoms with E-state index in [0.717, 1.165) is 55.5 Å². The molecule has 2 aliphatic rings. The predicted molar refractivity (Wildman–Crippen MR) is 128 cm³/mol. The third kappa shape index (κ3) is 5.20. The van der Waals surface area contributed by atoms with Crippen LogP contribution < -0.4 is 5.32 Å². The summed E-state index contributed by atoms with van der Waals surface area (Å²) in [6.45, 7) is 11.4. The van der Waals surface area contributed by atoms with Crippen LogP contribution in [0.15, 0.2) is 33.7 Å². The molecule has 3 heterocycles. The van der Waals surface area contributed by atoms with Gasteiger partial charge in [-0.15, -0.1) is 0 Å². The average Bonchev–Trinajstić information content (AvgIpc) is 3.45. The number of rotatable bonds is 5. The van der Waals surface area contributed by atoms with Crippen LogP contribution in [0.1, 0.15) is 37.9 Å². The molecule has 0 saturated carbocycles. The van der Waals surface area contributed by atoms with Gasteiger partial charge in [-0.3, -0.25) is 19.4 Å². The normalized spacial score (nSPS) is 20.0. The second kappa shape index (κ2) is 10.4. The first kappa shape index (κ1) is 23.3. The number of nitrogens with one attached hydrogen (secondary N) is 1. The van der Waals surface area contributed by atoms with Crippen LogP contribution in [0, 0.1) is 24.8 Å². The minimum atomic E-state index is -1.17. The van der Waals surface area contributed by atoms with E-state index in [0.29, 0.717) is 18.7 Å². The van der Waals surface area contributed by atoms with Crippen molar-refractivity contribution in [2.75, 3.05) is 31.5 Å². The zero-order valence-corrected chi connectivity index (χ0v) is 19.3. The first-order valence-corrected chi connectivity index (χ1v) is 11.7. The molecule has 2 fully saturated rings. The first-order chi connectivity index (χ1) is 16.5. The second-order valence-electron chi connectivity index (χ2n) is 8.77. The molecule has 2 aromatic rings. The highest BCUT2D eigenvalue weighted by Crippen LogP contribution is 2.24. The van der Waals surface area contributed by atoms with Crippen molar-refractivity contribution in [3.63, 3.8) is 0 Å². The summed E-state index contributed by atoms with van der Waals surface area (Å²) in [4.78, 5) is 37.3. The fraction of sp³-hybridized carbons (Fsp3) is 0.480. The molecule has 0 bridgehead atoms. The summed E-state index contributed by atoms with van der Waals surface area (Å²) in [5, 5.41) is 13.5.